The zero-order chi connectivity index (χ0) is 22.7. The largest absolute Gasteiger partial charge is 0.456 e. The van der Waals surface area contributed by atoms with Gasteiger partial charge in [-0.05, 0) is 61.9 Å². The first kappa shape index (κ1) is 21.6. The van der Waals surface area contributed by atoms with Gasteiger partial charge in [-0.1, -0.05) is 24.3 Å². The van der Waals surface area contributed by atoms with Crippen LogP contribution in [-0.4, -0.2) is 30.3 Å². The van der Waals surface area contributed by atoms with E-state index in [1.807, 2.05) is 41.9 Å². The minimum atomic E-state index is -3.75. The van der Waals surface area contributed by atoms with Crippen LogP contribution in [0.25, 0.3) is 5.65 Å². The Morgan fingerprint density at radius 2 is 1.72 bits per heavy atom. The molecule has 2 heterocycles. The molecule has 2 aromatic carbocycles. The van der Waals surface area contributed by atoms with Gasteiger partial charge in [0.15, 0.2) is 0 Å². The van der Waals surface area contributed by atoms with Crippen molar-refractivity contribution in [1.82, 2.24) is 9.38 Å². The van der Waals surface area contributed by atoms with E-state index in [1.165, 1.54) is 28.6 Å². The number of carbonyl (C=O) groups is 1. The Morgan fingerprint density at radius 1 is 1.00 bits per heavy atom. The van der Waals surface area contributed by atoms with Crippen molar-refractivity contribution >= 4 is 27.3 Å². The number of hydrogen-bond acceptors (Lipinski definition) is 5. The number of pyridine rings is 1. The summed E-state index contributed by atoms with van der Waals surface area (Å²) in [4.78, 5) is 17.0. The van der Waals surface area contributed by atoms with Crippen molar-refractivity contribution in [3.8, 4) is 0 Å². The summed E-state index contributed by atoms with van der Waals surface area (Å²) in [6, 6.07) is 18.5. The number of aromatic nitrogens is 2. The van der Waals surface area contributed by atoms with Crippen LogP contribution in [0.5, 0.6) is 0 Å². The molecule has 0 aliphatic rings. The fraction of sp³-hybridized carbons (Fsp3) is 0.167. The highest BCUT2D eigenvalue weighted by atomic mass is 32.2. The molecule has 0 amide bonds. The van der Waals surface area contributed by atoms with Gasteiger partial charge in [0.1, 0.15) is 12.3 Å². The van der Waals surface area contributed by atoms with E-state index in [0.29, 0.717) is 11.4 Å². The first-order valence-electron chi connectivity index (χ1n) is 10.2. The minimum Gasteiger partial charge on any atom is -0.456 e. The molecule has 0 spiro atoms. The van der Waals surface area contributed by atoms with E-state index in [1.54, 1.807) is 31.2 Å². The molecule has 2 aromatic heterocycles. The van der Waals surface area contributed by atoms with Crippen molar-refractivity contribution in [1.29, 1.82) is 0 Å². The predicted octanol–water partition coefficient (Wildman–Crippen LogP) is 4.21. The lowest BCUT2D eigenvalue weighted by Gasteiger charge is -2.22. The summed E-state index contributed by atoms with van der Waals surface area (Å²) in [6.07, 6.45) is 3.76. The number of sulfonamides is 1. The normalized spacial score (nSPS) is 11.4. The van der Waals surface area contributed by atoms with Gasteiger partial charge in [-0.3, -0.25) is 4.31 Å². The number of esters is 1. The molecule has 0 N–H and O–H groups in total. The third kappa shape index (κ3) is 4.36. The highest BCUT2D eigenvalue weighted by Crippen LogP contribution is 2.23. The standard InChI is InChI=1S/C24H23N3O4S/c1-3-27(21-7-5-4-6-8-21)32(29,30)22-12-10-19(11-13-22)24(28)31-17-20-16-26-15-18(2)9-14-23(26)25-20/h4-16H,3,17H2,1-2H3. The number of hydrogen-bond donors (Lipinski definition) is 0. The summed E-state index contributed by atoms with van der Waals surface area (Å²) >= 11 is 0. The van der Waals surface area contributed by atoms with Gasteiger partial charge >= 0.3 is 5.97 Å². The third-order valence-electron chi connectivity index (χ3n) is 5.01. The number of ether oxygens (including phenoxy) is 1. The summed E-state index contributed by atoms with van der Waals surface area (Å²) < 4.78 is 34.7. The van der Waals surface area contributed by atoms with Gasteiger partial charge in [0.05, 0.1) is 21.8 Å². The van der Waals surface area contributed by atoms with Gasteiger partial charge in [0, 0.05) is 18.9 Å². The molecule has 8 heteroatoms. The molecule has 0 aliphatic heterocycles. The average molecular weight is 450 g/mol. The second-order valence-electron chi connectivity index (χ2n) is 7.31. The Hall–Kier alpha value is -3.65. The van der Waals surface area contributed by atoms with Crippen LogP contribution in [0.2, 0.25) is 0 Å². The van der Waals surface area contributed by atoms with E-state index in [9.17, 15) is 13.2 Å². The van der Waals surface area contributed by atoms with Crippen LogP contribution < -0.4 is 4.31 Å². The van der Waals surface area contributed by atoms with Gasteiger partial charge in [-0.15, -0.1) is 0 Å². The zero-order valence-electron chi connectivity index (χ0n) is 17.8. The highest BCUT2D eigenvalue weighted by Gasteiger charge is 2.23. The monoisotopic (exact) mass is 449 g/mol. The molecule has 0 atom stereocenters. The number of imidazole rings is 1. The molecule has 0 bridgehead atoms. The van der Waals surface area contributed by atoms with Gasteiger partial charge < -0.3 is 9.14 Å². The number of para-hydroxylation sites is 1. The minimum absolute atomic E-state index is 0.0250. The number of aryl methyl sites for hydroxylation is 1. The maximum absolute atomic E-state index is 13.1. The second kappa shape index (κ2) is 8.84. The van der Waals surface area contributed by atoms with Crippen molar-refractivity contribution in [2.45, 2.75) is 25.3 Å². The number of anilines is 1. The highest BCUT2D eigenvalue weighted by molar-refractivity contribution is 7.92. The van der Waals surface area contributed by atoms with Crippen LogP contribution in [0.15, 0.2) is 84.0 Å². The first-order valence-corrected chi connectivity index (χ1v) is 11.6. The van der Waals surface area contributed by atoms with Crippen LogP contribution in [0.4, 0.5) is 5.69 Å². The van der Waals surface area contributed by atoms with Crippen LogP contribution in [0, 0.1) is 6.92 Å². The van der Waals surface area contributed by atoms with E-state index < -0.39 is 16.0 Å². The lowest BCUT2D eigenvalue weighted by Crippen LogP contribution is -2.30. The Balaban J connectivity index is 1.46. The summed E-state index contributed by atoms with van der Waals surface area (Å²) in [6.45, 7) is 4.07. The van der Waals surface area contributed by atoms with Crippen molar-refractivity contribution in [3.63, 3.8) is 0 Å². The van der Waals surface area contributed by atoms with E-state index in [0.717, 1.165) is 11.2 Å². The Bertz CT molecular complexity index is 1350. The molecule has 0 saturated carbocycles. The lowest BCUT2D eigenvalue weighted by atomic mass is 10.2. The smallest absolute Gasteiger partial charge is 0.338 e. The van der Waals surface area contributed by atoms with Crippen molar-refractivity contribution in [3.05, 3.63) is 95.9 Å². The molecule has 32 heavy (non-hydrogen) atoms. The van der Waals surface area contributed by atoms with E-state index in [-0.39, 0.29) is 23.6 Å². The Kier molecular flexibility index (Phi) is 5.96. The number of fused-ring (bicyclic) bond motifs is 1. The fourth-order valence-corrected chi connectivity index (χ4v) is 4.90. The molecule has 4 aromatic rings. The van der Waals surface area contributed by atoms with Crippen LogP contribution in [-0.2, 0) is 21.4 Å². The summed E-state index contributed by atoms with van der Waals surface area (Å²) in [5.74, 6) is -0.544. The summed E-state index contributed by atoms with van der Waals surface area (Å²) in [5, 5.41) is 0. The van der Waals surface area contributed by atoms with Gasteiger partial charge in [-0.25, -0.2) is 18.2 Å². The number of rotatable bonds is 7. The molecule has 0 saturated heterocycles. The Morgan fingerprint density at radius 3 is 2.41 bits per heavy atom. The topological polar surface area (TPSA) is 81.0 Å². The van der Waals surface area contributed by atoms with Crippen LogP contribution in [0.1, 0.15) is 28.5 Å². The van der Waals surface area contributed by atoms with Crippen molar-refractivity contribution < 1.29 is 17.9 Å². The molecule has 0 unspecified atom stereocenters. The van der Waals surface area contributed by atoms with Crippen LogP contribution in [0.3, 0.4) is 0 Å². The van der Waals surface area contributed by atoms with Crippen molar-refractivity contribution in [2.75, 3.05) is 10.8 Å². The second-order valence-corrected chi connectivity index (χ2v) is 9.17. The van der Waals surface area contributed by atoms with E-state index >= 15 is 0 Å². The van der Waals surface area contributed by atoms with Crippen LogP contribution >= 0.6 is 0 Å². The van der Waals surface area contributed by atoms with Gasteiger partial charge in [-0.2, -0.15) is 0 Å². The molecule has 164 valence electrons. The lowest BCUT2D eigenvalue weighted by molar-refractivity contribution is 0.0468. The summed E-state index contributed by atoms with van der Waals surface area (Å²) in [7, 11) is -3.75. The zero-order valence-corrected chi connectivity index (χ0v) is 18.6. The van der Waals surface area contributed by atoms with Gasteiger partial charge in [0.2, 0.25) is 0 Å². The first-order chi connectivity index (χ1) is 15.4. The molecule has 0 fully saturated rings. The maximum atomic E-state index is 13.1. The van der Waals surface area contributed by atoms with Gasteiger partial charge in [0.25, 0.3) is 10.0 Å². The SMILES string of the molecule is CCN(c1ccccc1)S(=O)(=O)c1ccc(C(=O)OCc2cn3cc(C)ccc3n2)cc1. The molecule has 0 aliphatic carbocycles. The van der Waals surface area contributed by atoms with Crippen molar-refractivity contribution in [2.24, 2.45) is 0 Å². The molecule has 4 rings (SSSR count). The summed E-state index contributed by atoms with van der Waals surface area (Å²) in [5.41, 5.74) is 3.36. The number of nitrogens with zero attached hydrogens (tertiary/aromatic N) is 3. The molecule has 7 nitrogen and oxygen atoms in total. The van der Waals surface area contributed by atoms with E-state index in [4.69, 9.17) is 4.74 Å². The quantitative estimate of drug-likeness (QED) is 0.395. The molecular weight excluding hydrogens is 426 g/mol. The maximum Gasteiger partial charge on any atom is 0.338 e. The molecule has 0 radical (unpaired) electrons. The fourth-order valence-electron chi connectivity index (χ4n) is 3.42. The number of benzene rings is 2. The average Bonchev–Trinajstić information content (AvgIpc) is 3.20. The third-order valence-corrected chi connectivity index (χ3v) is 6.93. The molecular formula is C24H23N3O4S. The predicted molar refractivity (Wildman–Crippen MR) is 122 cm³/mol. The Labute approximate surface area is 187 Å². The van der Waals surface area contributed by atoms with E-state index in [2.05, 4.69) is 4.98 Å². The number of carbonyl (C=O) groups excluding carboxylic acids is 1.